The molecule has 134 valence electrons. The summed E-state index contributed by atoms with van der Waals surface area (Å²) < 4.78 is 6.66. The molecule has 1 aromatic carbocycles. The monoisotopic (exact) mass is 366 g/mol. The number of amides is 1. The molecule has 0 unspecified atom stereocenters. The van der Waals surface area contributed by atoms with Gasteiger partial charge in [0, 0.05) is 12.6 Å². The average Bonchev–Trinajstić information content (AvgIpc) is 2.99. The number of nitrogens with one attached hydrogen (secondary N) is 1. The Bertz CT molecular complexity index is 804. The molecule has 0 saturated heterocycles. The van der Waals surface area contributed by atoms with Gasteiger partial charge in [-0.25, -0.2) is 9.48 Å². The van der Waals surface area contributed by atoms with Gasteiger partial charge in [-0.1, -0.05) is 30.2 Å². The van der Waals surface area contributed by atoms with Crippen molar-refractivity contribution in [2.24, 2.45) is 0 Å². The van der Waals surface area contributed by atoms with Crippen molar-refractivity contribution in [2.75, 3.05) is 13.7 Å². The van der Waals surface area contributed by atoms with Crippen LogP contribution in [0.4, 0.5) is 0 Å². The Hall–Kier alpha value is -2.61. The Morgan fingerprint density at radius 1 is 1.36 bits per heavy atom. The van der Waals surface area contributed by atoms with E-state index in [1.165, 1.54) is 17.9 Å². The molecule has 1 heterocycles. The topological polar surface area (TPSA) is 106 Å². The van der Waals surface area contributed by atoms with Crippen LogP contribution in [-0.4, -0.2) is 45.6 Å². The van der Waals surface area contributed by atoms with Crippen LogP contribution in [0.15, 0.2) is 12.1 Å². The summed E-state index contributed by atoms with van der Waals surface area (Å²) in [4.78, 5) is 23.5. The van der Waals surface area contributed by atoms with Crippen LogP contribution in [-0.2, 0) is 6.42 Å². The van der Waals surface area contributed by atoms with Gasteiger partial charge in [-0.3, -0.25) is 4.79 Å². The smallest absolute Gasteiger partial charge is 0.358 e. The fourth-order valence-corrected chi connectivity index (χ4v) is 2.67. The molecule has 2 rings (SSSR count). The van der Waals surface area contributed by atoms with Crippen LogP contribution in [0.3, 0.4) is 0 Å². The summed E-state index contributed by atoms with van der Waals surface area (Å²) in [5.74, 6) is -1.16. The van der Waals surface area contributed by atoms with E-state index in [2.05, 4.69) is 15.6 Å². The summed E-state index contributed by atoms with van der Waals surface area (Å²) in [6, 6.07) is 3.02. The minimum absolute atomic E-state index is 0.121. The highest BCUT2D eigenvalue weighted by molar-refractivity contribution is 6.33. The maximum Gasteiger partial charge on any atom is 0.358 e. The second kappa shape index (κ2) is 7.98. The highest BCUT2D eigenvalue weighted by Crippen LogP contribution is 2.31. The molecular weight excluding hydrogens is 348 g/mol. The minimum atomic E-state index is -1.16. The highest BCUT2D eigenvalue weighted by Gasteiger charge is 2.23. The van der Waals surface area contributed by atoms with Crippen molar-refractivity contribution in [1.29, 1.82) is 0 Å². The van der Waals surface area contributed by atoms with Crippen LogP contribution >= 0.6 is 11.6 Å². The predicted octanol–water partition coefficient (Wildman–Crippen LogP) is 2.33. The fraction of sp³-hybridized carbons (Fsp3) is 0.375. The van der Waals surface area contributed by atoms with Crippen LogP contribution in [0.25, 0.3) is 5.69 Å². The molecule has 1 aromatic heterocycles. The van der Waals surface area contributed by atoms with Crippen LogP contribution in [0.1, 0.15) is 46.8 Å². The Morgan fingerprint density at radius 2 is 2.08 bits per heavy atom. The van der Waals surface area contributed by atoms with Crippen molar-refractivity contribution in [1.82, 2.24) is 20.3 Å². The third kappa shape index (κ3) is 3.74. The van der Waals surface area contributed by atoms with Crippen molar-refractivity contribution in [2.45, 2.75) is 26.7 Å². The molecule has 0 atom stereocenters. The van der Waals surface area contributed by atoms with Crippen LogP contribution in [0.5, 0.6) is 5.75 Å². The third-order valence-corrected chi connectivity index (χ3v) is 3.83. The number of carbonyl (C=O) groups excluding carboxylic acids is 1. The fourth-order valence-electron chi connectivity index (χ4n) is 2.43. The largest absolute Gasteiger partial charge is 0.496 e. The van der Waals surface area contributed by atoms with Gasteiger partial charge < -0.3 is 15.2 Å². The number of benzene rings is 1. The van der Waals surface area contributed by atoms with E-state index in [1.807, 2.05) is 6.92 Å². The number of halogens is 1. The van der Waals surface area contributed by atoms with Gasteiger partial charge in [0.25, 0.3) is 5.91 Å². The van der Waals surface area contributed by atoms with Gasteiger partial charge in [0.05, 0.1) is 29.1 Å². The lowest BCUT2D eigenvalue weighted by atomic mass is 10.1. The second-order valence-electron chi connectivity index (χ2n) is 5.22. The zero-order valence-electron chi connectivity index (χ0n) is 14.2. The van der Waals surface area contributed by atoms with Gasteiger partial charge in [-0.15, -0.1) is 5.10 Å². The van der Waals surface area contributed by atoms with Crippen molar-refractivity contribution >= 4 is 23.5 Å². The van der Waals surface area contributed by atoms with Gasteiger partial charge in [0.1, 0.15) is 5.75 Å². The Morgan fingerprint density at radius 3 is 2.64 bits per heavy atom. The van der Waals surface area contributed by atoms with Gasteiger partial charge in [-0.05, 0) is 19.4 Å². The first-order valence-electron chi connectivity index (χ1n) is 7.78. The summed E-state index contributed by atoms with van der Waals surface area (Å²) in [6.07, 6.45) is 1.17. The number of carboxylic acid groups (broad SMARTS) is 1. The highest BCUT2D eigenvalue weighted by atomic mass is 35.5. The van der Waals surface area contributed by atoms with Crippen LogP contribution in [0, 0.1) is 0 Å². The lowest BCUT2D eigenvalue weighted by Gasteiger charge is -2.13. The zero-order chi connectivity index (χ0) is 18.6. The molecule has 0 bridgehead atoms. The molecule has 0 aliphatic rings. The molecule has 1 amide bonds. The Labute approximate surface area is 149 Å². The third-order valence-electron chi connectivity index (χ3n) is 3.53. The normalized spacial score (nSPS) is 10.6. The van der Waals surface area contributed by atoms with Gasteiger partial charge in [0.2, 0.25) is 0 Å². The summed E-state index contributed by atoms with van der Waals surface area (Å²) >= 11 is 6.33. The second-order valence-corrected chi connectivity index (χ2v) is 5.62. The van der Waals surface area contributed by atoms with Gasteiger partial charge in [0.15, 0.2) is 5.69 Å². The zero-order valence-corrected chi connectivity index (χ0v) is 14.9. The minimum Gasteiger partial charge on any atom is -0.496 e. The number of hydrogen-bond donors (Lipinski definition) is 2. The molecule has 25 heavy (non-hydrogen) atoms. The van der Waals surface area contributed by atoms with Crippen molar-refractivity contribution in [3.63, 3.8) is 0 Å². The maximum absolute atomic E-state index is 12.1. The lowest BCUT2D eigenvalue weighted by molar-refractivity contribution is 0.0688. The van der Waals surface area contributed by atoms with E-state index >= 15 is 0 Å². The number of carboxylic acids is 1. The molecule has 0 fully saturated rings. The van der Waals surface area contributed by atoms with E-state index in [4.69, 9.17) is 16.3 Å². The Kier molecular flexibility index (Phi) is 5.97. The average molecular weight is 367 g/mol. The number of nitrogens with zero attached hydrogens (tertiary/aromatic N) is 3. The molecule has 0 saturated carbocycles. The number of aromatic nitrogens is 3. The van der Waals surface area contributed by atoms with E-state index in [0.717, 1.165) is 0 Å². The first kappa shape index (κ1) is 18.7. The maximum atomic E-state index is 12.1. The van der Waals surface area contributed by atoms with Crippen molar-refractivity contribution < 1.29 is 19.4 Å². The van der Waals surface area contributed by atoms with E-state index in [9.17, 15) is 14.7 Å². The molecule has 2 N–H and O–H groups in total. The van der Waals surface area contributed by atoms with E-state index in [1.54, 1.807) is 13.0 Å². The van der Waals surface area contributed by atoms with Gasteiger partial charge in [-0.2, -0.15) is 0 Å². The summed E-state index contributed by atoms with van der Waals surface area (Å²) in [5.41, 5.74) is 0.998. The number of ether oxygens (including phenoxy) is 1. The van der Waals surface area contributed by atoms with E-state index in [-0.39, 0.29) is 22.2 Å². The quantitative estimate of drug-likeness (QED) is 0.778. The van der Waals surface area contributed by atoms with E-state index in [0.29, 0.717) is 36.5 Å². The van der Waals surface area contributed by atoms with Crippen LogP contribution in [0.2, 0.25) is 5.02 Å². The lowest BCUT2D eigenvalue weighted by Crippen LogP contribution is -2.23. The van der Waals surface area contributed by atoms with Crippen molar-refractivity contribution in [3.8, 4) is 11.4 Å². The number of methoxy groups -OCH3 is 1. The summed E-state index contributed by atoms with van der Waals surface area (Å²) in [5, 5.41) is 19.8. The standard InChI is InChI=1S/C16H19ClN4O4/c1-4-6-11-14(16(23)24)19-20-21(11)12-8-13(25-3)9(7-10(12)17)15(22)18-5-2/h7-8H,4-6H2,1-3H3,(H,18,22)(H,23,24). The number of hydrogen-bond acceptors (Lipinski definition) is 5. The molecule has 2 aromatic rings. The van der Waals surface area contributed by atoms with Gasteiger partial charge >= 0.3 is 5.97 Å². The summed E-state index contributed by atoms with van der Waals surface area (Å²) in [6.45, 7) is 4.19. The number of rotatable bonds is 7. The van der Waals surface area contributed by atoms with Crippen LogP contribution < -0.4 is 10.1 Å². The Balaban J connectivity index is 2.61. The predicted molar refractivity (Wildman–Crippen MR) is 91.9 cm³/mol. The molecule has 0 aliphatic heterocycles. The molecule has 0 radical (unpaired) electrons. The molecule has 8 nitrogen and oxygen atoms in total. The number of aromatic carboxylic acids is 1. The van der Waals surface area contributed by atoms with Crippen molar-refractivity contribution in [3.05, 3.63) is 34.1 Å². The molecular formula is C16H19ClN4O4. The molecule has 0 spiro atoms. The molecule has 9 heteroatoms. The molecule has 0 aliphatic carbocycles. The van der Waals surface area contributed by atoms with E-state index < -0.39 is 5.97 Å². The number of carbonyl (C=O) groups is 2. The SMILES string of the molecule is CCCc1c(C(=O)O)nnn1-c1cc(OC)c(C(=O)NCC)cc1Cl. The first-order chi connectivity index (χ1) is 11.9. The summed E-state index contributed by atoms with van der Waals surface area (Å²) in [7, 11) is 1.44. The first-order valence-corrected chi connectivity index (χ1v) is 8.16.